The second kappa shape index (κ2) is 11.6. The second-order valence-electron chi connectivity index (χ2n) is 13.8. The van der Waals surface area contributed by atoms with Crippen molar-refractivity contribution >= 4 is 43.4 Å². The van der Waals surface area contributed by atoms with Gasteiger partial charge in [-0.2, -0.15) is 0 Å². The molecule has 1 unspecified atom stereocenters. The van der Waals surface area contributed by atoms with Gasteiger partial charge in [0.1, 0.15) is 0 Å². The van der Waals surface area contributed by atoms with Crippen LogP contribution in [0.15, 0.2) is 194 Å². The van der Waals surface area contributed by atoms with Crippen LogP contribution in [0.4, 0.5) is 0 Å². The van der Waals surface area contributed by atoms with E-state index in [0.717, 1.165) is 16.7 Å². The minimum absolute atomic E-state index is 0.304. The molecule has 1 aliphatic carbocycles. The molecule has 8 aromatic carbocycles. The Hall–Kier alpha value is -6.44. The normalized spacial score (nSPS) is 14.8. The molecular formula is C50H35N. The highest BCUT2D eigenvalue weighted by Gasteiger charge is 2.40. The average Bonchev–Trinajstić information content (AvgIpc) is 3.48. The zero-order valence-corrected chi connectivity index (χ0v) is 28.4. The van der Waals surface area contributed by atoms with Crippen LogP contribution in [-0.2, 0) is 5.41 Å². The summed E-state index contributed by atoms with van der Waals surface area (Å²) in [5.41, 5.74) is 12.1. The summed E-state index contributed by atoms with van der Waals surface area (Å²) in [6.45, 7) is 2.40. The molecule has 0 saturated heterocycles. The minimum Gasteiger partial charge on any atom is -0.309 e. The van der Waals surface area contributed by atoms with Crippen molar-refractivity contribution in [2.45, 2.75) is 12.3 Å². The zero-order valence-electron chi connectivity index (χ0n) is 28.4. The van der Waals surface area contributed by atoms with Crippen molar-refractivity contribution in [2.75, 3.05) is 0 Å². The van der Waals surface area contributed by atoms with E-state index in [1.165, 1.54) is 71.3 Å². The molecular weight excluding hydrogens is 615 g/mol. The lowest BCUT2D eigenvalue weighted by Crippen LogP contribution is -2.22. The van der Waals surface area contributed by atoms with Crippen LogP contribution >= 0.6 is 0 Å². The van der Waals surface area contributed by atoms with E-state index in [-0.39, 0.29) is 5.41 Å². The molecule has 1 heterocycles. The molecule has 0 amide bonds. The summed E-state index contributed by atoms with van der Waals surface area (Å²) in [6, 6.07) is 71.5. The monoisotopic (exact) mass is 649 g/mol. The van der Waals surface area contributed by atoms with Gasteiger partial charge in [-0.05, 0) is 97.7 Å². The Kier molecular flexibility index (Phi) is 6.69. The topological polar surface area (TPSA) is 4.93 Å². The van der Waals surface area contributed by atoms with Crippen LogP contribution in [0.3, 0.4) is 0 Å². The Bertz CT molecular complexity index is 2860. The van der Waals surface area contributed by atoms with Crippen LogP contribution in [0, 0.1) is 0 Å². The fourth-order valence-corrected chi connectivity index (χ4v) is 8.67. The number of fused-ring (bicyclic) bond motifs is 10. The Labute approximate surface area is 298 Å². The number of aromatic nitrogens is 1. The van der Waals surface area contributed by atoms with Gasteiger partial charge in [0.2, 0.25) is 0 Å². The molecule has 1 heteroatoms. The summed E-state index contributed by atoms with van der Waals surface area (Å²) in [5.74, 6) is 0. The number of para-hydroxylation sites is 1. The van der Waals surface area contributed by atoms with Crippen LogP contribution in [0.2, 0.25) is 0 Å². The third-order valence-electron chi connectivity index (χ3n) is 11.1. The Balaban J connectivity index is 1.40. The lowest BCUT2D eigenvalue weighted by atomic mass is 9.74. The molecule has 9 aromatic rings. The standard InChI is InChI=1S/C50H35N/c1-50(36-18-6-3-7-19-36)46-26-14-12-24-42(46)43-30-29-37(33-47(43)50)51-48-27-15-13-25-44(48)40-22-10-8-20-38(40)39-21-9-11-23-41(39)45-32-35(28-31-49(45)51)34-16-4-2-5-17-34/h2-33H,1H3. The summed E-state index contributed by atoms with van der Waals surface area (Å²) in [4.78, 5) is 0. The molecule has 1 nitrogen and oxygen atoms in total. The van der Waals surface area contributed by atoms with Gasteiger partial charge < -0.3 is 4.57 Å². The Morgan fingerprint density at radius 2 is 0.882 bits per heavy atom. The Morgan fingerprint density at radius 1 is 0.353 bits per heavy atom. The third-order valence-corrected chi connectivity index (χ3v) is 11.1. The summed E-state index contributed by atoms with van der Waals surface area (Å²) in [5, 5.41) is 7.32. The van der Waals surface area contributed by atoms with Crippen molar-refractivity contribution in [2.24, 2.45) is 0 Å². The fourth-order valence-electron chi connectivity index (χ4n) is 8.67. The first-order valence-electron chi connectivity index (χ1n) is 17.8. The van der Waals surface area contributed by atoms with E-state index in [1.54, 1.807) is 0 Å². The van der Waals surface area contributed by atoms with Crippen LogP contribution in [0.5, 0.6) is 0 Å². The molecule has 0 radical (unpaired) electrons. The third kappa shape index (κ3) is 4.48. The van der Waals surface area contributed by atoms with E-state index in [0.29, 0.717) is 0 Å². The smallest absolute Gasteiger partial charge is 0.0540 e. The van der Waals surface area contributed by atoms with E-state index < -0.39 is 0 Å². The molecule has 51 heavy (non-hydrogen) atoms. The molecule has 0 N–H and O–H groups in total. The van der Waals surface area contributed by atoms with Gasteiger partial charge >= 0.3 is 0 Å². The number of nitrogens with zero attached hydrogens (tertiary/aromatic N) is 1. The molecule has 10 rings (SSSR count). The minimum atomic E-state index is -0.304. The largest absolute Gasteiger partial charge is 0.309 e. The lowest BCUT2D eigenvalue weighted by molar-refractivity contribution is 0.713. The first-order chi connectivity index (χ1) is 25.2. The lowest BCUT2D eigenvalue weighted by Gasteiger charge is -2.29. The molecule has 0 fully saturated rings. The van der Waals surface area contributed by atoms with Gasteiger partial charge in [-0.1, -0.05) is 164 Å². The average molecular weight is 650 g/mol. The van der Waals surface area contributed by atoms with E-state index >= 15 is 0 Å². The number of hydrogen-bond donors (Lipinski definition) is 0. The Morgan fingerprint density at radius 3 is 1.61 bits per heavy atom. The van der Waals surface area contributed by atoms with Crippen molar-refractivity contribution in [3.63, 3.8) is 0 Å². The number of rotatable bonds is 3. The molecule has 0 spiro atoms. The van der Waals surface area contributed by atoms with Gasteiger partial charge in [-0.15, -0.1) is 0 Å². The maximum Gasteiger partial charge on any atom is 0.0540 e. The van der Waals surface area contributed by atoms with Crippen LogP contribution < -0.4 is 0 Å². The SMILES string of the molecule is CC1(c2ccccc2)c2ccccc2-c2ccc(-n3c4ccccc4c4ccccc4c4ccccc4c4cc(-c5ccccc5)ccc43)cc21. The highest BCUT2D eigenvalue weighted by atomic mass is 15.0. The van der Waals surface area contributed by atoms with E-state index in [2.05, 4.69) is 206 Å². The van der Waals surface area contributed by atoms with E-state index in [1.807, 2.05) is 0 Å². The molecule has 1 aliphatic rings. The predicted molar refractivity (Wildman–Crippen MR) is 216 cm³/mol. The predicted octanol–water partition coefficient (Wildman–Crippen LogP) is 13.2. The molecule has 0 aliphatic heterocycles. The molecule has 0 bridgehead atoms. The second-order valence-corrected chi connectivity index (χ2v) is 13.8. The quantitative estimate of drug-likeness (QED) is 0.179. The summed E-state index contributed by atoms with van der Waals surface area (Å²) in [6.07, 6.45) is 0. The van der Waals surface area contributed by atoms with Crippen LogP contribution in [0.1, 0.15) is 23.6 Å². The first-order valence-corrected chi connectivity index (χ1v) is 17.8. The van der Waals surface area contributed by atoms with E-state index in [9.17, 15) is 0 Å². The summed E-state index contributed by atoms with van der Waals surface area (Å²) >= 11 is 0. The van der Waals surface area contributed by atoms with Crippen molar-refractivity contribution in [1.29, 1.82) is 0 Å². The maximum atomic E-state index is 2.51. The molecule has 240 valence electrons. The van der Waals surface area contributed by atoms with Gasteiger partial charge in [-0.25, -0.2) is 0 Å². The van der Waals surface area contributed by atoms with Crippen LogP contribution in [0.25, 0.3) is 71.3 Å². The molecule has 1 aromatic heterocycles. The van der Waals surface area contributed by atoms with Crippen molar-refractivity contribution in [3.8, 4) is 27.9 Å². The summed E-state index contributed by atoms with van der Waals surface area (Å²) in [7, 11) is 0. The van der Waals surface area contributed by atoms with Crippen LogP contribution in [-0.4, -0.2) is 4.57 Å². The van der Waals surface area contributed by atoms with Crippen molar-refractivity contribution < 1.29 is 0 Å². The van der Waals surface area contributed by atoms with Gasteiger partial charge in [0, 0.05) is 21.9 Å². The molecule has 0 saturated carbocycles. The van der Waals surface area contributed by atoms with Crippen molar-refractivity contribution in [1.82, 2.24) is 4.57 Å². The van der Waals surface area contributed by atoms with Gasteiger partial charge in [-0.3, -0.25) is 0 Å². The zero-order chi connectivity index (χ0) is 33.9. The highest BCUT2D eigenvalue weighted by Crippen LogP contribution is 2.53. The summed E-state index contributed by atoms with van der Waals surface area (Å²) < 4.78 is 2.51. The highest BCUT2D eigenvalue weighted by molar-refractivity contribution is 6.19. The van der Waals surface area contributed by atoms with Gasteiger partial charge in [0.25, 0.3) is 0 Å². The number of hydrogen-bond acceptors (Lipinski definition) is 0. The molecule has 1 atom stereocenters. The van der Waals surface area contributed by atoms with Crippen molar-refractivity contribution in [3.05, 3.63) is 211 Å². The maximum absolute atomic E-state index is 2.51. The number of benzene rings is 8. The van der Waals surface area contributed by atoms with Gasteiger partial charge in [0.05, 0.1) is 11.0 Å². The van der Waals surface area contributed by atoms with E-state index in [4.69, 9.17) is 0 Å². The fraction of sp³-hybridized carbons (Fsp3) is 0.0400. The first kappa shape index (κ1) is 29.5. The van der Waals surface area contributed by atoms with Gasteiger partial charge in [0.15, 0.2) is 0 Å².